The maximum atomic E-state index is 12.2. The molecule has 2 aromatic rings. The fourth-order valence-corrected chi connectivity index (χ4v) is 2.76. The van der Waals surface area contributed by atoms with Crippen molar-refractivity contribution in [2.45, 2.75) is 33.2 Å². The number of benzene rings is 1. The Bertz CT molecular complexity index is 829. The second-order valence-corrected chi connectivity index (χ2v) is 6.36. The van der Waals surface area contributed by atoms with E-state index in [1.54, 1.807) is 18.7 Å². The molecule has 2 rings (SSSR count). The number of aryl methyl sites for hydroxylation is 2. The summed E-state index contributed by atoms with van der Waals surface area (Å²) in [6.45, 7) is 4.90. The van der Waals surface area contributed by atoms with Crippen molar-refractivity contribution in [3.05, 3.63) is 47.3 Å². The number of anilines is 1. The number of carbonyl (C=O) groups excluding carboxylic acids is 3. The van der Waals surface area contributed by atoms with Crippen LogP contribution in [0.1, 0.15) is 36.3 Å². The molecular weight excluding hydrogens is 346 g/mol. The summed E-state index contributed by atoms with van der Waals surface area (Å²) in [4.78, 5) is 35.8. The minimum absolute atomic E-state index is 0.0435. The molecule has 0 saturated carbocycles. The second-order valence-electron chi connectivity index (χ2n) is 6.36. The lowest BCUT2D eigenvalue weighted by Crippen LogP contribution is -2.36. The Kier molecular flexibility index (Phi) is 6.70. The van der Waals surface area contributed by atoms with Crippen LogP contribution in [-0.4, -0.2) is 34.0 Å². The third-order valence-electron chi connectivity index (χ3n) is 4.19. The molecule has 0 radical (unpaired) electrons. The van der Waals surface area contributed by atoms with E-state index < -0.39 is 6.04 Å². The van der Waals surface area contributed by atoms with Crippen LogP contribution >= 0.6 is 0 Å². The summed E-state index contributed by atoms with van der Waals surface area (Å²) < 4.78 is 1.68. The molecule has 0 bridgehead atoms. The minimum atomic E-state index is -0.449. The summed E-state index contributed by atoms with van der Waals surface area (Å²) in [7, 11) is 1.80. The molecule has 27 heavy (non-hydrogen) atoms. The van der Waals surface area contributed by atoms with E-state index in [1.165, 1.54) is 6.92 Å². The standard InChI is InChI=1S/C19H25N5O3/c1-12-19(13(2)24(4)23-12)22-18(27)11-20-17(26)10-16(21-14(3)25)15-8-6-5-7-9-15/h5-9,16H,10-11H2,1-4H3,(H,20,26)(H,21,25)(H,22,27)/t16-/m1/s1. The number of hydrogen-bond acceptors (Lipinski definition) is 4. The first-order valence-electron chi connectivity index (χ1n) is 8.66. The van der Waals surface area contributed by atoms with Gasteiger partial charge in [-0.1, -0.05) is 30.3 Å². The Morgan fingerprint density at radius 1 is 1.11 bits per heavy atom. The van der Waals surface area contributed by atoms with Crippen molar-refractivity contribution < 1.29 is 14.4 Å². The molecular formula is C19H25N5O3. The Morgan fingerprint density at radius 3 is 2.33 bits per heavy atom. The first kappa shape index (κ1) is 20.2. The molecule has 0 unspecified atom stereocenters. The van der Waals surface area contributed by atoms with Crippen LogP contribution in [0.4, 0.5) is 5.69 Å². The lowest BCUT2D eigenvalue weighted by molar-refractivity contribution is -0.125. The Hall–Kier alpha value is -3.16. The average Bonchev–Trinajstić information content (AvgIpc) is 2.86. The maximum absolute atomic E-state index is 12.2. The number of amides is 3. The maximum Gasteiger partial charge on any atom is 0.243 e. The van der Waals surface area contributed by atoms with Gasteiger partial charge in [0.15, 0.2) is 0 Å². The number of carbonyl (C=O) groups is 3. The van der Waals surface area contributed by atoms with Crippen molar-refractivity contribution in [2.24, 2.45) is 7.05 Å². The van der Waals surface area contributed by atoms with E-state index in [4.69, 9.17) is 0 Å². The van der Waals surface area contributed by atoms with Crippen LogP contribution in [0, 0.1) is 13.8 Å². The monoisotopic (exact) mass is 371 g/mol. The highest BCUT2D eigenvalue weighted by Gasteiger charge is 2.18. The summed E-state index contributed by atoms with van der Waals surface area (Å²) >= 11 is 0. The third-order valence-corrected chi connectivity index (χ3v) is 4.19. The van der Waals surface area contributed by atoms with E-state index in [9.17, 15) is 14.4 Å². The normalized spacial score (nSPS) is 11.6. The fourth-order valence-electron chi connectivity index (χ4n) is 2.76. The Labute approximate surface area is 158 Å². The van der Waals surface area contributed by atoms with Gasteiger partial charge in [0, 0.05) is 14.0 Å². The van der Waals surface area contributed by atoms with E-state index >= 15 is 0 Å². The number of aromatic nitrogens is 2. The summed E-state index contributed by atoms with van der Waals surface area (Å²) in [6.07, 6.45) is 0.0435. The highest BCUT2D eigenvalue weighted by atomic mass is 16.2. The topological polar surface area (TPSA) is 105 Å². The number of hydrogen-bond donors (Lipinski definition) is 3. The van der Waals surface area contributed by atoms with Crippen LogP contribution in [0.3, 0.4) is 0 Å². The Balaban J connectivity index is 1.91. The van der Waals surface area contributed by atoms with Gasteiger partial charge in [-0.25, -0.2) is 0 Å². The molecule has 0 spiro atoms. The zero-order valence-electron chi connectivity index (χ0n) is 16.0. The van der Waals surface area contributed by atoms with Gasteiger partial charge in [0.25, 0.3) is 0 Å². The quantitative estimate of drug-likeness (QED) is 0.683. The van der Waals surface area contributed by atoms with E-state index in [0.717, 1.165) is 11.3 Å². The van der Waals surface area contributed by atoms with Crippen LogP contribution < -0.4 is 16.0 Å². The molecule has 1 heterocycles. The predicted molar refractivity (Wildman–Crippen MR) is 102 cm³/mol. The van der Waals surface area contributed by atoms with Crippen molar-refractivity contribution in [3.63, 3.8) is 0 Å². The van der Waals surface area contributed by atoms with Crippen molar-refractivity contribution >= 4 is 23.4 Å². The predicted octanol–water partition coefficient (Wildman–Crippen LogP) is 1.36. The van der Waals surface area contributed by atoms with Crippen LogP contribution in [0.2, 0.25) is 0 Å². The highest BCUT2D eigenvalue weighted by molar-refractivity contribution is 5.95. The average molecular weight is 371 g/mol. The van der Waals surface area contributed by atoms with E-state index in [-0.39, 0.29) is 30.7 Å². The third kappa shape index (κ3) is 5.67. The van der Waals surface area contributed by atoms with Crippen LogP contribution in [0.15, 0.2) is 30.3 Å². The van der Waals surface area contributed by atoms with Gasteiger partial charge in [-0.2, -0.15) is 5.10 Å². The first-order chi connectivity index (χ1) is 12.8. The zero-order chi connectivity index (χ0) is 20.0. The van der Waals surface area contributed by atoms with E-state index in [1.807, 2.05) is 37.3 Å². The lowest BCUT2D eigenvalue weighted by atomic mass is 10.0. The number of nitrogens with zero attached hydrogens (tertiary/aromatic N) is 2. The largest absolute Gasteiger partial charge is 0.349 e. The van der Waals surface area contributed by atoms with Gasteiger partial charge in [0.05, 0.1) is 36.1 Å². The minimum Gasteiger partial charge on any atom is -0.349 e. The summed E-state index contributed by atoms with van der Waals surface area (Å²) in [6, 6.07) is 8.78. The Morgan fingerprint density at radius 2 is 1.78 bits per heavy atom. The molecule has 3 N–H and O–H groups in total. The van der Waals surface area contributed by atoms with Crippen molar-refractivity contribution in [1.29, 1.82) is 0 Å². The molecule has 0 fully saturated rings. The van der Waals surface area contributed by atoms with E-state index in [0.29, 0.717) is 11.4 Å². The van der Waals surface area contributed by atoms with Gasteiger partial charge in [-0.3, -0.25) is 19.1 Å². The molecule has 8 heteroatoms. The fraction of sp³-hybridized carbons (Fsp3) is 0.368. The molecule has 144 valence electrons. The van der Waals surface area contributed by atoms with Crippen molar-refractivity contribution in [3.8, 4) is 0 Å². The molecule has 8 nitrogen and oxygen atoms in total. The van der Waals surface area contributed by atoms with Gasteiger partial charge in [-0.15, -0.1) is 0 Å². The molecule has 1 aromatic heterocycles. The molecule has 1 atom stereocenters. The van der Waals surface area contributed by atoms with Crippen molar-refractivity contribution in [2.75, 3.05) is 11.9 Å². The summed E-state index contributed by atoms with van der Waals surface area (Å²) in [5.74, 6) is -0.886. The molecule has 0 aliphatic carbocycles. The molecule has 0 saturated heterocycles. The first-order valence-corrected chi connectivity index (χ1v) is 8.66. The zero-order valence-corrected chi connectivity index (χ0v) is 16.0. The molecule has 0 aliphatic heterocycles. The summed E-state index contributed by atoms with van der Waals surface area (Å²) in [5, 5.41) is 12.4. The number of rotatable bonds is 7. The summed E-state index contributed by atoms with van der Waals surface area (Å²) in [5.41, 5.74) is 3.03. The van der Waals surface area contributed by atoms with Crippen LogP contribution in [0.5, 0.6) is 0 Å². The van der Waals surface area contributed by atoms with Crippen LogP contribution in [0.25, 0.3) is 0 Å². The SMILES string of the molecule is CC(=O)N[C@H](CC(=O)NCC(=O)Nc1c(C)nn(C)c1C)c1ccccc1. The smallest absolute Gasteiger partial charge is 0.243 e. The van der Waals surface area contributed by atoms with Gasteiger partial charge in [-0.05, 0) is 19.4 Å². The molecule has 0 aliphatic rings. The van der Waals surface area contributed by atoms with Crippen LogP contribution in [-0.2, 0) is 21.4 Å². The van der Waals surface area contributed by atoms with Crippen molar-refractivity contribution in [1.82, 2.24) is 20.4 Å². The van der Waals surface area contributed by atoms with Gasteiger partial charge in [0.2, 0.25) is 17.7 Å². The van der Waals surface area contributed by atoms with Gasteiger partial charge in [0.1, 0.15) is 0 Å². The van der Waals surface area contributed by atoms with E-state index in [2.05, 4.69) is 21.0 Å². The lowest BCUT2D eigenvalue weighted by Gasteiger charge is -2.18. The molecule has 3 amide bonds. The highest BCUT2D eigenvalue weighted by Crippen LogP contribution is 2.18. The molecule has 1 aromatic carbocycles. The van der Waals surface area contributed by atoms with Gasteiger partial charge < -0.3 is 16.0 Å². The van der Waals surface area contributed by atoms with Gasteiger partial charge >= 0.3 is 0 Å². The second kappa shape index (κ2) is 8.98. The number of nitrogens with one attached hydrogen (secondary N) is 3.